The molecule has 3 heterocycles. The van der Waals surface area contributed by atoms with Crippen molar-refractivity contribution in [2.45, 2.75) is 25.5 Å². The molecule has 0 bridgehead atoms. The van der Waals surface area contributed by atoms with Crippen molar-refractivity contribution in [2.75, 3.05) is 7.11 Å². The molecule has 0 radical (unpaired) electrons. The molecule has 2 aromatic rings. The van der Waals surface area contributed by atoms with Crippen molar-refractivity contribution in [2.24, 2.45) is 0 Å². The highest BCUT2D eigenvalue weighted by atomic mass is 35.5. The van der Waals surface area contributed by atoms with Crippen LogP contribution in [-0.2, 0) is 11.3 Å². The summed E-state index contributed by atoms with van der Waals surface area (Å²) in [5.41, 5.74) is 3.29. The van der Waals surface area contributed by atoms with Crippen LogP contribution in [0.3, 0.4) is 0 Å². The first-order valence-electron chi connectivity index (χ1n) is 6.13. The molecule has 0 fully saturated rings. The van der Waals surface area contributed by atoms with E-state index in [1.807, 2.05) is 24.4 Å². The average Bonchev–Trinajstić information content (AvgIpc) is 2.75. The van der Waals surface area contributed by atoms with Gasteiger partial charge in [0.2, 0.25) is 0 Å². The van der Waals surface area contributed by atoms with Gasteiger partial charge in [0, 0.05) is 37.3 Å². The molecule has 3 rings (SSSR count). The van der Waals surface area contributed by atoms with Crippen LogP contribution in [0.25, 0.3) is 11.3 Å². The minimum absolute atomic E-state index is 0.154. The number of pyridine rings is 1. The molecule has 0 amide bonds. The van der Waals surface area contributed by atoms with E-state index in [1.54, 1.807) is 13.3 Å². The van der Waals surface area contributed by atoms with E-state index in [-0.39, 0.29) is 6.10 Å². The van der Waals surface area contributed by atoms with Crippen LogP contribution in [0.5, 0.6) is 0 Å². The van der Waals surface area contributed by atoms with Gasteiger partial charge in [-0.2, -0.15) is 0 Å². The lowest BCUT2D eigenvalue weighted by atomic mass is 10.1. The van der Waals surface area contributed by atoms with Crippen LogP contribution >= 0.6 is 11.6 Å². The molecular weight excluding hydrogens is 248 g/mol. The van der Waals surface area contributed by atoms with Gasteiger partial charge in [-0.25, -0.2) is 0 Å². The van der Waals surface area contributed by atoms with E-state index in [0.717, 1.165) is 35.7 Å². The second-order valence-electron chi connectivity index (χ2n) is 4.53. The first-order valence-corrected chi connectivity index (χ1v) is 6.51. The number of rotatable bonds is 2. The molecular formula is C14H15ClN2O. The highest BCUT2D eigenvalue weighted by Gasteiger charge is 2.25. The van der Waals surface area contributed by atoms with Crippen LogP contribution in [0.1, 0.15) is 24.6 Å². The molecule has 0 N–H and O–H groups in total. The van der Waals surface area contributed by atoms with Crippen molar-refractivity contribution >= 4 is 11.6 Å². The smallest absolute Gasteiger partial charge is 0.0972 e. The Bertz CT molecular complexity index is 550. The molecule has 94 valence electrons. The lowest BCUT2D eigenvalue weighted by Crippen LogP contribution is -2.16. The number of halogens is 1. The Kier molecular flexibility index (Phi) is 3.10. The lowest BCUT2D eigenvalue weighted by molar-refractivity contribution is 0.0762. The molecule has 0 spiro atoms. The summed E-state index contributed by atoms with van der Waals surface area (Å²) in [4.78, 5) is 4.17. The Morgan fingerprint density at radius 1 is 1.50 bits per heavy atom. The fourth-order valence-corrected chi connectivity index (χ4v) is 2.98. The minimum Gasteiger partial charge on any atom is -0.375 e. The molecule has 1 atom stereocenters. The van der Waals surface area contributed by atoms with Crippen LogP contribution in [0.2, 0.25) is 5.02 Å². The largest absolute Gasteiger partial charge is 0.375 e. The van der Waals surface area contributed by atoms with E-state index in [4.69, 9.17) is 16.3 Å². The van der Waals surface area contributed by atoms with Crippen molar-refractivity contribution in [1.29, 1.82) is 0 Å². The van der Waals surface area contributed by atoms with Crippen LogP contribution in [-0.4, -0.2) is 16.7 Å². The summed E-state index contributed by atoms with van der Waals surface area (Å²) in [5, 5.41) is 0.780. The topological polar surface area (TPSA) is 27.1 Å². The van der Waals surface area contributed by atoms with E-state index >= 15 is 0 Å². The Morgan fingerprint density at radius 3 is 3.11 bits per heavy atom. The van der Waals surface area contributed by atoms with E-state index in [2.05, 4.69) is 9.55 Å². The molecule has 4 heteroatoms. The van der Waals surface area contributed by atoms with Crippen LogP contribution < -0.4 is 0 Å². The summed E-state index contributed by atoms with van der Waals surface area (Å²) in [7, 11) is 1.75. The molecule has 2 aromatic heterocycles. The van der Waals surface area contributed by atoms with Crippen molar-refractivity contribution in [1.82, 2.24) is 9.55 Å². The Balaban J connectivity index is 2.14. The van der Waals surface area contributed by atoms with Gasteiger partial charge in [0.25, 0.3) is 0 Å². The third-order valence-electron chi connectivity index (χ3n) is 3.48. The molecule has 1 aliphatic rings. The quantitative estimate of drug-likeness (QED) is 0.825. The molecule has 0 saturated carbocycles. The summed E-state index contributed by atoms with van der Waals surface area (Å²) < 4.78 is 7.79. The molecule has 0 aromatic carbocycles. The Morgan fingerprint density at radius 2 is 2.39 bits per heavy atom. The third-order valence-corrected chi connectivity index (χ3v) is 3.77. The average molecular weight is 263 g/mol. The van der Waals surface area contributed by atoms with Crippen molar-refractivity contribution in [3.8, 4) is 11.3 Å². The van der Waals surface area contributed by atoms with Gasteiger partial charge in [0.1, 0.15) is 0 Å². The van der Waals surface area contributed by atoms with Gasteiger partial charge in [-0.15, -0.1) is 0 Å². The number of hydrogen-bond acceptors (Lipinski definition) is 2. The summed E-state index contributed by atoms with van der Waals surface area (Å²) in [5.74, 6) is 0. The first-order chi connectivity index (χ1) is 8.81. The van der Waals surface area contributed by atoms with Gasteiger partial charge in [-0.3, -0.25) is 4.98 Å². The van der Waals surface area contributed by atoms with Crippen molar-refractivity contribution < 1.29 is 4.74 Å². The molecule has 0 saturated heterocycles. The SMILES string of the molecule is COC1CCCn2c1cc(Cl)c2-c1cccnc1. The van der Waals surface area contributed by atoms with Gasteiger partial charge in [0.05, 0.1) is 16.8 Å². The monoisotopic (exact) mass is 262 g/mol. The zero-order valence-electron chi connectivity index (χ0n) is 10.3. The molecule has 3 nitrogen and oxygen atoms in total. The highest BCUT2D eigenvalue weighted by Crippen LogP contribution is 2.38. The Labute approximate surface area is 111 Å². The van der Waals surface area contributed by atoms with Gasteiger partial charge < -0.3 is 9.30 Å². The summed E-state index contributed by atoms with van der Waals surface area (Å²) in [6.45, 7) is 0.992. The van der Waals surface area contributed by atoms with E-state index < -0.39 is 0 Å². The molecule has 1 unspecified atom stereocenters. The Hall–Kier alpha value is -1.32. The zero-order chi connectivity index (χ0) is 12.5. The molecule has 0 aliphatic carbocycles. The van der Waals surface area contributed by atoms with Crippen molar-refractivity contribution in [3.63, 3.8) is 0 Å². The predicted octanol–water partition coefficient (Wildman–Crippen LogP) is 3.68. The third kappa shape index (κ3) is 1.84. The maximum Gasteiger partial charge on any atom is 0.0972 e. The minimum atomic E-state index is 0.154. The van der Waals surface area contributed by atoms with E-state index in [1.165, 1.54) is 5.69 Å². The highest BCUT2D eigenvalue weighted by molar-refractivity contribution is 6.33. The standard InChI is InChI=1S/C14H15ClN2O/c1-18-13-5-3-7-17-12(13)8-11(15)14(17)10-4-2-6-16-9-10/h2,4,6,8-9,13H,3,5,7H2,1H3. The maximum atomic E-state index is 6.39. The molecule has 18 heavy (non-hydrogen) atoms. The lowest BCUT2D eigenvalue weighted by Gasteiger charge is -2.25. The fraction of sp³-hybridized carbons (Fsp3) is 0.357. The normalized spacial score (nSPS) is 18.7. The second kappa shape index (κ2) is 4.75. The summed E-state index contributed by atoms with van der Waals surface area (Å²) in [6, 6.07) is 6.00. The second-order valence-corrected chi connectivity index (χ2v) is 4.93. The number of nitrogens with zero attached hydrogens (tertiary/aromatic N) is 2. The summed E-state index contributed by atoms with van der Waals surface area (Å²) >= 11 is 6.39. The van der Waals surface area contributed by atoms with E-state index in [0.29, 0.717) is 0 Å². The number of hydrogen-bond donors (Lipinski definition) is 0. The van der Waals surface area contributed by atoms with Crippen molar-refractivity contribution in [3.05, 3.63) is 41.3 Å². The van der Waals surface area contributed by atoms with Gasteiger partial charge in [-0.05, 0) is 31.0 Å². The van der Waals surface area contributed by atoms with Crippen LogP contribution in [0.4, 0.5) is 0 Å². The number of aromatic nitrogens is 2. The van der Waals surface area contributed by atoms with Gasteiger partial charge in [-0.1, -0.05) is 11.6 Å². The van der Waals surface area contributed by atoms with Crippen LogP contribution in [0, 0.1) is 0 Å². The van der Waals surface area contributed by atoms with Gasteiger partial charge >= 0.3 is 0 Å². The van der Waals surface area contributed by atoms with E-state index in [9.17, 15) is 0 Å². The maximum absolute atomic E-state index is 6.39. The molecule has 1 aliphatic heterocycles. The van der Waals surface area contributed by atoms with Crippen LogP contribution in [0.15, 0.2) is 30.6 Å². The number of methoxy groups -OCH3 is 1. The number of ether oxygens (including phenoxy) is 1. The summed E-state index contributed by atoms with van der Waals surface area (Å²) in [6.07, 6.45) is 5.95. The predicted molar refractivity (Wildman–Crippen MR) is 71.7 cm³/mol. The zero-order valence-corrected chi connectivity index (χ0v) is 11.0. The van der Waals surface area contributed by atoms with Gasteiger partial charge in [0.15, 0.2) is 0 Å². The first kappa shape index (κ1) is 11.8. The number of fused-ring (bicyclic) bond motifs is 1. The fourth-order valence-electron chi connectivity index (χ4n) is 2.66.